The lowest BCUT2D eigenvalue weighted by molar-refractivity contribution is 0.153. The molecule has 0 bridgehead atoms. The number of amides is 1. The molecule has 1 amide bonds. The third kappa shape index (κ3) is 1.86. The van der Waals surface area contributed by atoms with Crippen LogP contribution < -0.4 is 0 Å². The van der Waals surface area contributed by atoms with Gasteiger partial charge in [-0.25, -0.2) is 4.79 Å². The van der Waals surface area contributed by atoms with Crippen molar-refractivity contribution in [2.24, 2.45) is 5.92 Å². The van der Waals surface area contributed by atoms with Crippen molar-refractivity contribution in [3.05, 3.63) is 18.5 Å². The zero-order valence-corrected chi connectivity index (χ0v) is 7.83. The van der Waals surface area contributed by atoms with E-state index in [1.165, 1.54) is 4.90 Å². The van der Waals surface area contributed by atoms with Crippen LogP contribution in [-0.4, -0.2) is 39.0 Å². The SMILES string of the molecule is O=C(O)N1CC[C@H](Cn2cccn2)C1. The first-order valence-electron chi connectivity index (χ1n) is 4.71. The summed E-state index contributed by atoms with van der Waals surface area (Å²) in [7, 11) is 0. The summed E-state index contributed by atoms with van der Waals surface area (Å²) in [6, 6.07) is 1.88. The van der Waals surface area contributed by atoms with Crippen molar-refractivity contribution in [3.8, 4) is 0 Å². The van der Waals surface area contributed by atoms with Crippen molar-refractivity contribution in [2.75, 3.05) is 13.1 Å². The van der Waals surface area contributed by atoms with Crippen molar-refractivity contribution in [2.45, 2.75) is 13.0 Å². The lowest BCUT2D eigenvalue weighted by Gasteiger charge is -2.12. The zero-order chi connectivity index (χ0) is 9.97. The van der Waals surface area contributed by atoms with Gasteiger partial charge in [-0.2, -0.15) is 5.10 Å². The Labute approximate surface area is 81.9 Å². The maximum Gasteiger partial charge on any atom is 0.407 e. The number of carbonyl (C=O) groups is 1. The minimum Gasteiger partial charge on any atom is -0.465 e. The summed E-state index contributed by atoms with van der Waals surface area (Å²) in [6.07, 6.45) is 3.77. The average Bonchev–Trinajstić information content (AvgIpc) is 2.75. The molecule has 1 aromatic heterocycles. The molecule has 1 aliphatic heterocycles. The average molecular weight is 195 g/mol. The van der Waals surface area contributed by atoms with Gasteiger partial charge in [0.25, 0.3) is 0 Å². The highest BCUT2D eigenvalue weighted by Gasteiger charge is 2.25. The molecule has 0 unspecified atom stereocenters. The number of rotatable bonds is 2. The number of hydrogen-bond acceptors (Lipinski definition) is 2. The molecule has 5 nitrogen and oxygen atoms in total. The highest BCUT2D eigenvalue weighted by molar-refractivity contribution is 5.65. The van der Waals surface area contributed by atoms with Crippen molar-refractivity contribution < 1.29 is 9.90 Å². The highest BCUT2D eigenvalue weighted by Crippen LogP contribution is 2.17. The largest absolute Gasteiger partial charge is 0.465 e. The van der Waals surface area contributed by atoms with Crippen molar-refractivity contribution >= 4 is 6.09 Å². The summed E-state index contributed by atoms with van der Waals surface area (Å²) in [5.41, 5.74) is 0. The van der Waals surface area contributed by atoms with E-state index in [1.807, 2.05) is 16.9 Å². The van der Waals surface area contributed by atoms with Crippen LogP contribution in [0.25, 0.3) is 0 Å². The van der Waals surface area contributed by atoms with E-state index in [4.69, 9.17) is 5.11 Å². The van der Waals surface area contributed by atoms with E-state index >= 15 is 0 Å². The molecule has 5 heteroatoms. The Hall–Kier alpha value is -1.52. The number of likely N-dealkylation sites (tertiary alicyclic amines) is 1. The van der Waals surface area contributed by atoms with Crippen LogP contribution in [0.5, 0.6) is 0 Å². The highest BCUT2D eigenvalue weighted by atomic mass is 16.4. The minimum absolute atomic E-state index is 0.408. The Morgan fingerprint density at radius 1 is 1.64 bits per heavy atom. The molecule has 1 atom stereocenters. The second kappa shape index (κ2) is 3.69. The molecule has 0 saturated carbocycles. The van der Waals surface area contributed by atoms with E-state index < -0.39 is 6.09 Å². The van der Waals surface area contributed by atoms with Gasteiger partial charge in [-0.1, -0.05) is 0 Å². The Bertz CT molecular complexity index is 310. The predicted molar refractivity (Wildman–Crippen MR) is 49.9 cm³/mol. The third-order valence-electron chi connectivity index (χ3n) is 2.56. The van der Waals surface area contributed by atoms with E-state index in [9.17, 15) is 4.79 Å². The van der Waals surface area contributed by atoms with Gasteiger partial charge in [0.15, 0.2) is 0 Å². The summed E-state index contributed by atoms with van der Waals surface area (Å²) in [6.45, 7) is 2.10. The number of carboxylic acid groups (broad SMARTS) is 1. The fourth-order valence-corrected chi connectivity index (χ4v) is 1.83. The van der Waals surface area contributed by atoms with Crippen LogP contribution in [0.2, 0.25) is 0 Å². The zero-order valence-electron chi connectivity index (χ0n) is 7.83. The van der Waals surface area contributed by atoms with E-state index in [0.29, 0.717) is 19.0 Å². The van der Waals surface area contributed by atoms with Gasteiger partial charge in [0.05, 0.1) is 0 Å². The number of hydrogen-bond donors (Lipinski definition) is 1. The second-order valence-corrected chi connectivity index (χ2v) is 3.61. The molecule has 14 heavy (non-hydrogen) atoms. The lowest BCUT2D eigenvalue weighted by Crippen LogP contribution is -2.27. The molecule has 0 spiro atoms. The van der Waals surface area contributed by atoms with E-state index in [-0.39, 0.29) is 0 Å². The topological polar surface area (TPSA) is 58.4 Å². The molecule has 0 radical (unpaired) electrons. The van der Waals surface area contributed by atoms with Gasteiger partial charge < -0.3 is 10.0 Å². The van der Waals surface area contributed by atoms with Crippen molar-refractivity contribution in [1.29, 1.82) is 0 Å². The van der Waals surface area contributed by atoms with Crippen LogP contribution >= 0.6 is 0 Å². The molecule has 76 valence electrons. The Morgan fingerprint density at radius 2 is 2.50 bits per heavy atom. The normalized spacial score (nSPS) is 21.4. The molecule has 1 aromatic rings. The van der Waals surface area contributed by atoms with E-state index in [1.54, 1.807) is 6.20 Å². The van der Waals surface area contributed by atoms with Gasteiger partial charge in [-0.3, -0.25) is 4.68 Å². The molecule has 1 fully saturated rings. The van der Waals surface area contributed by atoms with Crippen LogP contribution in [0.1, 0.15) is 6.42 Å². The summed E-state index contributed by atoms with van der Waals surface area (Å²) >= 11 is 0. The molecular weight excluding hydrogens is 182 g/mol. The Balaban J connectivity index is 1.87. The van der Waals surface area contributed by atoms with Crippen LogP contribution in [0.4, 0.5) is 4.79 Å². The second-order valence-electron chi connectivity index (χ2n) is 3.61. The van der Waals surface area contributed by atoms with Gasteiger partial charge in [-0.05, 0) is 18.4 Å². The Morgan fingerprint density at radius 3 is 3.07 bits per heavy atom. The van der Waals surface area contributed by atoms with Gasteiger partial charge >= 0.3 is 6.09 Å². The molecule has 1 N–H and O–H groups in total. The summed E-state index contributed by atoms with van der Waals surface area (Å²) < 4.78 is 1.86. The fraction of sp³-hybridized carbons (Fsp3) is 0.556. The first-order valence-corrected chi connectivity index (χ1v) is 4.71. The summed E-state index contributed by atoms with van der Waals surface area (Å²) in [5, 5.41) is 12.9. The van der Waals surface area contributed by atoms with Crippen molar-refractivity contribution in [1.82, 2.24) is 14.7 Å². The first-order chi connectivity index (χ1) is 6.75. The first kappa shape index (κ1) is 9.05. The van der Waals surface area contributed by atoms with Gasteiger partial charge in [0.2, 0.25) is 0 Å². The summed E-state index contributed by atoms with van der Waals surface area (Å²) in [4.78, 5) is 12.1. The maximum absolute atomic E-state index is 10.7. The van der Waals surface area contributed by atoms with Crippen molar-refractivity contribution in [3.63, 3.8) is 0 Å². The molecule has 0 aromatic carbocycles. The van der Waals surface area contributed by atoms with Gasteiger partial charge in [0, 0.05) is 32.0 Å². The smallest absolute Gasteiger partial charge is 0.407 e. The minimum atomic E-state index is -0.812. The number of aromatic nitrogens is 2. The quantitative estimate of drug-likeness (QED) is 0.762. The monoisotopic (exact) mass is 195 g/mol. The van der Waals surface area contributed by atoms with E-state index in [2.05, 4.69) is 5.10 Å². The molecule has 1 aliphatic rings. The van der Waals surface area contributed by atoms with Gasteiger partial charge in [0.1, 0.15) is 0 Å². The van der Waals surface area contributed by atoms with Gasteiger partial charge in [-0.15, -0.1) is 0 Å². The standard InChI is InChI=1S/C9H13N3O2/c13-9(14)11-5-2-8(6-11)7-12-4-1-3-10-12/h1,3-4,8H,2,5-7H2,(H,13,14)/t8-/m0/s1. The van der Waals surface area contributed by atoms with E-state index in [0.717, 1.165) is 13.0 Å². The predicted octanol–water partition coefficient (Wildman–Crippen LogP) is 0.883. The maximum atomic E-state index is 10.7. The van der Waals surface area contributed by atoms with Crippen LogP contribution in [0, 0.1) is 5.92 Å². The summed E-state index contributed by atoms with van der Waals surface area (Å²) in [5.74, 6) is 0.408. The Kier molecular flexibility index (Phi) is 2.39. The molecule has 1 saturated heterocycles. The lowest BCUT2D eigenvalue weighted by atomic mass is 10.1. The molecule has 2 heterocycles. The molecule has 2 rings (SSSR count). The van der Waals surface area contributed by atoms with Crippen LogP contribution in [0.15, 0.2) is 18.5 Å². The van der Waals surface area contributed by atoms with Crippen LogP contribution in [-0.2, 0) is 6.54 Å². The number of nitrogens with zero attached hydrogens (tertiary/aromatic N) is 3. The van der Waals surface area contributed by atoms with Crippen LogP contribution in [0.3, 0.4) is 0 Å². The third-order valence-corrected chi connectivity index (χ3v) is 2.56. The fourth-order valence-electron chi connectivity index (χ4n) is 1.83. The molecular formula is C9H13N3O2. The molecule has 0 aliphatic carbocycles.